The molecule has 0 aliphatic rings. The molecule has 141 valence electrons. The molecule has 0 aliphatic heterocycles. The van der Waals surface area contributed by atoms with Crippen molar-refractivity contribution in [2.45, 2.75) is 96.8 Å². The molecule has 0 aromatic rings. The Morgan fingerprint density at radius 3 is 1.52 bits per heavy atom. The molecule has 0 rings (SSSR count). The minimum absolute atomic E-state index is 1.17. The minimum Gasteiger partial charge on any atom is -0.286 e. The fraction of sp³-hybridized carbons (Fsp3) is 0.625. The monoisotopic (exact) mass is 343 g/mol. The summed E-state index contributed by atoms with van der Waals surface area (Å²) in [5.41, 5.74) is 0. The van der Waals surface area contributed by atoms with Crippen LogP contribution in [0.1, 0.15) is 96.8 Å². The van der Waals surface area contributed by atoms with E-state index >= 15 is 0 Å². The van der Waals surface area contributed by atoms with Crippen LogP contribution in [-0.4, -0.2) is 6.29 Å². The SMILES string of the molecule is CCCCCCCCCCCCCCCC=CC=CC=CC=C[C]=O. The highest BCUT2D eigenvalue weighted by Gasteiger charge is 1.93. The maximum atomic E-state index is 9.93. The van der Waals surface area contributed by atoms with Crippen LogP contribution in [0.2, 0.25) is 0 Å². The molecule has 0 unspecified atom stereocenters. The third-order valence-corrected chi connectivity index (χ3v) is 4.33. The molecule has 0 spiro atoms. The number of rotatable bonds is 18. The van der Waals surface area contributed by atoms with Crippen molar-refractivity contribution in [3.63, 3.8) is 0 Å². The Labute approximate surface area is 157 Å². The van der Waals surface area contributed by atoms with Gasteiger partial charge < -0.3 is 0 Å². The first-order chi connectivity index (χ1) is 12.4. The van der Waals surface area contributed by atoms with Crippen molar-refractivity contribution in [2.24, 2.45) is 0 Å². The molecule has 0 aliphatic carbocycles. The molecule has 0 aromatic heterocycles. The Hall–Kier alpha value is -1.37. The van der Waals surface area contributed by atoms with Gasteiger partial charge in [-0.1, -0.05) is 127 Å². The van der Waals surface area contributed by atoms with Gasteiger partial charge in [0.15, 0.2) is 0 Å². The Balaban J connectivity index is 3.21. The molecule has 0 N–H and O–H groups in total. The van der Waals surface area contributed by atoms with Crippen molar-refractivity contribution in [3.05, 3.63) is 48.6 Å². The van der Waals surface area contributed by atoms with Crippen LogP contribution in [0.5, 0.6) is 0 Å². The van der Waals surface area contributed by atoms with Crippen molar-refractivity contribution in [1.29, 1.82) is 0 Å². The predicted molar refractivity (Wildman–Crippen MR) is 113 cm³/mol. The number of allylic oxidation sites excluding steroid dienone is 8. The smallest absolute Gasteiger partial charge is 0.225 e. The Bertz CT molecular complexity index is 374. The lowest BCUT2D eigenvalue weighted by molar-refractivity contribution is 0.540. The molecule has 1 radical (unpaired) electrons. The molecule has 0 bridgehead atoms. The molecule has 25 heavy (non-hydrogen) atoms. The average molecular weight is 344 g/mol. The lowest BCUT2D eigenvalue weighted by Gasteiger charge is -2.02. The van der Waals surface area contributed by atoms with Gasteiger partial charge in [-0.25, -0.2) is 0 Å². The summed E-state index contributed by atoms with van der Waals surface area (Å²) in [5, 5.41) is 0. The Morgan fingerprint density at radius 2 is 1.00 bits per heavy atom. The molecular weight excluding hydrogens is 304 g/mol. The maximum Gasteiger partial charge on any atom is 0.225 e. The second kappa shape index (κ2) is 22.6. The highest BCUT2D eigenvalue weighted by atomic mass is 16.1. The van der Waals surface area contributed by atoms with Crippen LogP contribution in [0.25, 0.3) is 0 Å². The van der Waals surface area contributed by atoms with Gasteiger partial charge in [-0.15, -0.1) is 0 Å². The van der Waals surface area contributed by atoms with Crippen LogP contribution in [-0.2, 0) is 4.79 Å². The Kier molecular flexibility index (Phi) is 21.4. The molecular formula is C24H39O. The van der Waals surface area contributed by atoms with Gasteiger partial charge >= 0.3 is 0 Å². The largest absolute Gasteiger partial charge is 0.286 e. The number of hydrogen-bond acceptors (Lipinski definition) is 1. The topological polar surface area (TPSA) is 17.1 Å². The van der Waals surface area contributed by atoms with Gasteiger partial charge in [-0.05, 0) is 18.9 Å². The molecule has 0 atom stereocenters. The molecule has 0 fully saturated rings. The standard InChI is InChI=1S/C24H39O/c1-2-3-4-5-6-7-8-9-10-11-12-13-14-15-16-17-18-19-20-21-22-23-24-25/h16-23H,2-15H2,1H3. The summed E-state index contributed by atoms with van der Waals surface area (Å²) in [5.74, 6) is 0. The van der Waals surface area contributed by atoms with Gasteiger partial charge in [0.25, 0.3) is 0 Å². The number of unbranched alkanes of at least 4 members (excludes halogenated alkanes) is 13. The molecule has 1 heteroatoms. The zero-order valence-corrected chi connectivity index (χ0v) is 16.4. The zero-order valence-electron chi connectivity index (χ0n) is 16.4. The normalized spacial score (nSPS) is 12.4. The van der Waals surface area contributed by atoms with Crippen LogP contribution < -0.4 is 0 Å². The zero-order chi connectivity index (χ0) is 18.3. The van der Waals surface area contributed by atoms with E-state index in [1.54, 1.807) is 12.4 Å². The van der Waals surface area contributed by atoms with Crippen LogP contribution in [0, 0.1) is 0 Å². The number of hydrogen-bond donors (Lipinski definition) is 0. The summed E-state index contributed by atoms with van der Waals surface area (Å²) < 4.78 is 0. The lowest BCUT2D eigenvalue weighted by Crippen LogP contribution is -1.82. The number of carbonyl (C=O) groups excluding carboxylic acids is 1. The highest BCUT2D eigenvalue weighted by Crippen LogP contribution is 2.12. The van der Waals surface area contributed by atoms with Gasteiger partial charge in [-0.2, -0.15) is 0 Å². The molecule has 0 saturated heterocycles. The van der Waals surface area contributed by atoms with Gasteiger partial charge in [0.2, 0.25) is 6.29 Å². The van der Waals surface area contributed by atoms with E-state index in [0.717, 1.165) is 0 Å². The van der Waals surface area contributed by atoms with E-state index in [1.165, 1.54) is 96.0 Å². The van der Waals surface area contributed by atoms with E-state index in [2.05, 4.69) is 19.1 Å². The van der Waals surface area contributed by atoms with E-state index in [9.17, 15) is 4.79 Å². The average Bonchev–Trinajstić information content (AvgIpc) is 2.63. The highest BCUT2D eigenvalue weighted by molar-refractivity contribution is 5.66. The molecule has 0 heterocycles. The van der Waals surface area contributed by atoms with Gasteiger partial charge in [0, 0.05) is 0 Å². The van der Waals surface area contributed by atoms with Gasteiger partial charge in [-0.3, -0.25) is 4.79 Å². The fourth-order valence-corrected chi connectivity index (χ4v) is 2.81. The summed E-state index contributed by atoms with van der Waals surface area (Å²) in [6, 6.07) is 0. The lowest BCUT2D eigenvalue weighted by atomic mass is 10.0. The van der Waals surface area contributed by atoms with Crippen molar-refractivity contribution < 1.29 is 4.79 Å². The van der Waals surface area contributed by atoms with Gasteiger partial charge in [0.1, 0.15) is 0 Å². The predicted octanol–water partition coefficient (Wildman–Crippen LogP) is 7.80. The summed E-state index contributed by atoms with van der Waals surface area (Å²) in [6.07, 6.45) is 36.3. The Morgan fingerprint density at radius 1 is 0.560 bits per heavy atom. The van der Waals surface area contributed by atoms with Crippen molar-refractivity contribution in [2.75, 3.05) is 0 Å². The fourth-order valence-electron chi connectivity index (χ4n) is 2.81. The first-order valence-electron chi connectivity index (χ1n) is 10.4. The summed E-state index contributed by atoms with van der Waals surface area (Å²) >= 11 is 0. The maximum absolute atomic E-state index is 9.93. The third kappa shape index (κ3) is 22.6. The third-order valence-electron chi connectivity index (χ3n) is 4.33. The van der Waals surface area contributed by atoms with E-state index in [4.69, 9.17) is 0 Å². The molecule has 0 aromatic carbocycles. The summed E-state index contributed by atoms with van der Waals surface area (Å²) in [4.78, 5) is 9.93. The van der Waals surface area contributed by atoms with Crippen LogP contribution in [0.4, 0.5) is 0 Å². The van der Waals surface area contributed by atoms with Crippen molar-refractivity contribution in [3.8, 4) is 0 Å². The van der Waals surface area contributed by atoms with Crippen LogP contribution >= 0.6 is 0 Å². The second-order valence-corrected chi connectivity index (χ2v) is 6.71. The van der Waals surface area contributed by atoms with Crippen molar-refractivity contribution >= 4 is 6.29 Å². The van der Waals surface area contributed by atoms with E-state index < -0.39 is 0 Å². The van der Waals surface area contributed by atoms with E-state index in [-0.39, 0.29) is 0 Å². The van der Waals surface area contributed by atoms with Crippen LogP contribution in [0.15, 0.2) is 48.6 Å². The van der Waals surface area contributed by atoms with E-state index in [0.29, 0.717) is 0 Å². The van der Waals surface area contributed by atoms with Crippen LogP contribution in [0.3, 0.4) is 0 Å². The van der Waals surface area contributed by atoms with E-state index in [1.807, 2.05) is 24.3 Å². The molecule has 0 saturated carbocycles. The second-order valence-electron chi connectivity index (χ2n) is 6.71. The summed E-state index contributed by atoms with van der Waals surface area (Å²) in [6.45, 7) is 2.28. The minimum atomic E-state index is 1.17. The van der Waals surface area contributed by atoms with Gasteiger partial charge in [0.05, 0.1) is 0 Å². The quantitative estimate of drug-likeness (QED) is 0.141. The first-order valence-corrected chi connectivity index (χ1v) is 10.4. The summed E-state index contributed by atoms with van der Waals surface area (Å²) in [7, 11) is 0. The first kappa shape index (κ1) is 23.6. The molecule has 1 nitrogen and oxygen atoms in total. The van der Waals surface area contributed by atoms with Crippen molar-refractivity contribution in [1.82, 2.24) is 0 Å². The molecule has 0 amide bonds.